The van der Waals surface area contributed by atoms with E-state index in [1.165, 1.54) is 11.1 Å². The number of carbonyl (C=O) groups is 1. The summed E-state index contributed by atoms with van der Waals surface area (Å²) in [5.74, 6) is -0.149. The standard InChI is InChI=1S/C23H25FO3/c1-15-6-9-18(13-21(15)24)20-5-3-4-19(20)14-27-22-10-7-17(12-16(22)2)8-11-23(25)26/h6-7,9-10,12-13H,3-5,8,11,14H2,1-2H3,(H,25,26). The third kappa shape index (κ3) is 4.76. The zero-order valence-electron chi connectivity index (χ0n) is 15.8. The molecule has 0 unspecified atom stereocenters. The van der Waals surface area contributed by atoms with Gasteiger partial charge < -0.3 is 9.84 Å². The Morgan fingerprint density at radius 3 is 2.63 bits per heavy atom. The highest BCUT2D eigenvalue weighted by molar-refractivity contribution is 5.71. The second-order valence-corrected chi connectivity index (χ2v) is 7.18. The quantitative estimate of drug-likeness (QED) is 0.704. The van der Waals surface area contributed by atoms with Crippen LogP contribution in [-0.4, -0.2) is 17.7 Å². The van der Waals surface area contributed by atoms with Crippen molar-refractivity contribution >= 4 is 11.5 Å². The van der Waals surface area contributed by atoms with Crippen molar-refractivity contribution in [3.05, 3.63) is 70.0 Å². The molecule has 0 aliphatic heterocycles. The molecule has 0 aromatic heterocycles. The fourth-order valence-corrected chi connectivity index (χ4v) is 3.54. The molecule has 0 fully saturated rings. The number of carboxylic acid groups (broad SMARTS) is 1. The van der Waals surface area contributed by atoms with Gasteiger partial charge in [0.1, 0.15) is 18.2 Å². The number of rotatable bonds is 7. The van der Waals surface area contributed by atoms with Crippen LogP contribution in [0.5, 0.6) is 5.75 Å². The van der Waals surface area contributed by atoms with Crippen molar-refractivity contribution in [1.29, 1.82) is 0 Å². The number of allylic oxidation sites excluding steroid dienone is 1. The number of hydrogen-bond acceptors (Lipinski definition) is 2. The van der Waals surface area contributed by atoms with E-state index in [4.69, 9.17) is 9.84 Å². The van der Waals surface area contributed by atoms with Gasteiger partial charge in [-0.25, -0.2) is 4.39 Å². The number of hydrogen-bond donors (Lipinski definition) is 1. The maximum atomic E-state index is 13.9. The molecule has 0 heterocycles. The first kappa shape index (κ1) is 19.2. The predicted molar refractivity (Wildman–Crippen MR) is 105 cm³/mol. The van der Waals surface area contributed by atoms with E-state index in [0.717, 1.165) is 41.7 Å². The average Bonchev–Trinajstić information content (AvgIpc) is 3.10. The zero-order chi connectivity index (χ0) is 19.4. The highest BCUT2D eigenvalue weighted by Gasteiger charge is 2.18. The number of ether oxygens (including phenoxy) is 1. The van der Waals surface area contributed by atoms with Crippen molar-refractivity contribution in [3.8, 4) is 5.75 Å². The highest BCUT2D eigenvalue weighted by Crippen LogP contribution is 2.35. The van der Waals surface area contributed by atoms with Gasteiger partial charge in [-0.3, -0.25) is 4.79 Å². The number of halogens is 1. The Bertz CT molecular complexity index is 883. The van der Waals surface area contributed by atoms with Crippen LogP contribution >= 0.6 is 0 Å². The molecule has 142 valence electrons. The van der Waals surface area contributed by atoms with E-state index in [0.29, 0.717) is 18.6 Å². The van der Waals surface area contributed by atoms with Gasteiger partial charge in [0.05, 0.1) is 0 Å². The highest BCUT2D eigenvalue weighted by atomic mass is 19.1. The van der Waals surface area contributed by atoms with E-state index in [2.05, 4.69) is 0 Å². The molecule has 0 saturated heterocycles. The molecule has 0 spiro atoms. The van der Waals surface area contributed by atoms with E-state index < -0.39 is 5.97 Å². The molecule has 4 heteroatoms. The van der Waals surface area contributed by atoms with Gasteiger partial charge in [0.25, 0.3) is 0 Å². The third-order valence-corrected chi connectivity index (χ3v) is 5.12. The molecule has 3 nitrogen and oxygen atoms in total. The van der Waals surface area contributed by atoms with Gasteiger partial charge in [-0.15, -0.1) is 0 Å². The van der Waals surface area contributed by atoms with Crippen molar-refractivity contribution < 1.29 is 19.0 Å². The second kappa shape index (κ2) is 8.38. The van der Waals surface area contributed by atoms with Crippen molar-refractivity contribution in [1.82, 2.24) is 0 Å². The fourth-order valence-electron chi connectivity index (χ4n) is 3.54. The van der Waals surface area contributed by atoms with Gasteiger partial charge in [0.15, 0.2) is 0 Å². The number of carboxylic acids is 1. The van der Waals surface area contributed by atoms with Crippen molar-refractivity contribution in [2.75, 3.05) is 6.61 Å². The molecule has 0 amide bonds. The minimum Gasteiger partial charge on any atom is -0.489 e. The summed E-state index contributed by atoms with van der Waals surface area (Å²) in [6.07, 6.45) is 3.64. The summed E-state index contributed by atoms with van der Waals surface area (Å²) in [6, 6.07) is 11.3. The first-order valence-electron chi connectivity index (χ1n) is 9.35. The average molecular weight is 368 g/mol. The van der Waals surface area contributed by atoms with Crippen LogP contribution < -0.4 is 4.74 Å². The lowest BCUT2D eigenvalue weighted by atomic mass is 10.0. The van der Waals surface area contributed by atoms with Crippen LogP contribution in [-0.2, 0) is 11.2 Å². The number of benzene rings is 2. The molecular weight excluding hydrogens is 343 g/mol. The van der Waals surface area contributed by atoms with Crippen LogP contribution in [0.3, 0.4) is 0 Å². The maximum absolute atomic E-state index is 13.9. The molecule has 1 N–H and O–H groups in total. The number of aryl methyl sites for hydroxylation is 3. The molecule has 27 heavy (non-hydrogen) atoms. The Balaban J connectivity index is 1.71. The first-order valence-corrected chi connectivity index (χ1v) is 9.35. The van der Waals surface area contributed by atoms with Gasteiger partial charge in [-0.1, -0.05) is 24.3 Å². The second-order valence-electron chi connectivity index (χ2n) is 7.18. The Morgan fingerprint density at radius 2 is 1.93 bits per heavy atom. The maximum Gasteiger partial charge on any atom is 0.303 e. The monoisotopic (exact) mass is 368 g/mol. The molecule has 0 saturated carbocycles. The molecule has 1 aliphatic rings. The van der Waals surface area contributed by atoms with Crippen LogP contribution in [0.15, 0.2) is 42.0 Å². The Hall–Kier alpha value is -2.62. The summed E-state index contributed by atoms with van der Waals surface area (Å²) in [7, 11) is 0. The van der Waals surface area contributed by atoms with E-state index >= 15 is 0 Å². The molecular formula is C23H25FO3. The van der Waals surface area contributed by atoms with E-state index in [1.54, 1.807) is 13.0 Å². The molecule has 1 aliphatic carbocycles. The molecule has 3 rings (SSSR count). The van der Waals surface area contributed by atoms with Gasteiger partial charge in [0, 0.05) is 6.42 Å². The Kier molecular flexibility index (Phi) is 5.94. The summed E-state index contributed by atoms with van der Waals surface area (Å²) in [5.41, 5.74) is 6.04. The SMILES string of the molecule is Cc1ccc(C2=C(COc3ccc(CCC(=O)O)cc3C)CCC2)cc1F. The normalized spacial score (nSPS) is 13.9. The molecule has 0 atom stereocenters. The summed E-state index contributed by atoms with van der Waals surface area (Å²) >= 11 is 0. The van der Waals surface area contributed by atoms with Crippen molar-refractivity contribution in [2.24, 2.45) is 0 Å². The van der Waals surface area contributed by atoms with E-state index in [-0.39, 0.29) is 12.2 Å². The zero-order valence-corrected chi connectivity index (χ0v) is 15.8. The lowest BCUT2D eigenvalue weighted by Crippen LogP contribution is -2.03. The van der Waals surface area contributed by atoms with Gasteiger partial charge >= 0.3 is 5.97 Å². The summed E-state index contributed by atoms with van der Waals surface area (Å²) < 4.78 is 20.0. The van der Waals surface area contributed by atoms with E-state index in [9.17, 15) is 9.18 Å². The van der Waals surface area contributed by atoms with Gasteiger partial charge in [-0.05, 0) is 85.1 Å². The third-order valence-electron chi connectivity index (χ3n) is 5.12. The molecule has 0 radical (unpaired) electrons. The predicted octanol–water partition coefficient (Wildman–Crippen LogP) is 5.48. The van der Waals surface area contributed by atoms with Crippen molar-refractivity contribution in [3.63, 3.8) is 0 Å². The lowest BCUT2D eigenvalue weighted by molar-refractivity contribution is -0.136. The molecule has 0 bridgehead atoms. The summed E-state index contributed by atoms with van der Waals surface area (Å²) in [5, 5.41) is 8.80. The van der Waals surface area contributed by atoms with Crippen LogP contribution in [0.1, 0.15) is 47.9 Å². The minimum atomic E-state index is -0.791. The largest absolute Gasteiger partial charge is 0.489 e. The minimum absolute atomic E-state index is 0.128. The van der Waals surface area contributed by atoms with Crippen LogP contribution in [0.2, 0.25) is 0 Å². The first-order chi connectivity index (χ1) is 12.9. The van der Waals surface area contributed by atoms with Gasteiger partial charge in [-0.2, -0.15) is 0 Å². The Morgan fingerprint density at radius 1 is 1.11 bits per heavy atom. The van der Waals surface area contributed by atoms with Crippen LogP contribution in [0, 0.1) is 19.7 Å². The smallest absolute Gasteiger partial charge is 0.303 e. The summed E-state index contributed by atoms with van der Waals surface area (Å²) in [4.78, 5) is 10.7. The summed E-state index contributed by atoms with van der Waals surface area (Å²) in [6.45, 7) is 4.24. The van der Waals surface area contributed by atoms with Crippen LogP contribution in [0.25, 0.3) is 5.57 Å². The molecule has 2 aromatic carbocycles. The van der Waals surface area contributed by atoms with Crippen LogP contribution in [0.4, 0.5) is 4.39 Å². The molecule has 2 aromatic rings. The lowest BCUT2D eigenvalue weighted by Gasteiger charge is -2.13. The number of aliphatic carboxylic acids is 1. The van der Waals surface area contributed by atoms with E-state index in [1.807, 2.05) is 37.3 Å². The van der Waals surface area contributed by atoms with Crippen molar-refractivity contribution in [2.45, 2.75) is 46.0 Å². The fraction of sp³-hybridized carbons (Fsp3) is 0.348. The topological polar surface area (TPSA) is 46.5 Å². The Labute approximate surface area is 159 Å². The van der Waals surface area contributed by atoms with Gasteiger partial charge in [0.2, 0.25) is 0 Å².